The first kappa shape index (κ1) is 22.3. The highest BCUT2D eigenvalue weighted by atomic mass is 16.2. The normalized spacial score (nSPS) is 19.9. The number of benzene rings is 2. The van der Waals surface area contributed by atoms with E-state index in [1.54, 1.807) is 0 Å². The molecule has 5 rings (SSSR count). The monoisotopic (exact) mass is 444 g/mol. The molecule has 3 heterocycles. The summed E-state index contributed by atoms with van der Waals surface area (Å²) in [5.74, 6) is 1.17. The van der Waals surface area contributed by atoms with E-state index in [0.29, 0.717) is 24.8 Å². The number of aryl methyl sites for hydroxylation is 2. The zero-order chi connectivity index (χ0) is 22.8. The van der Waals surface area contributed by atoms with E-state index in [0.717, 1.165) is 63.0 Å². The average molecular weight is 445 g/mol. The van der Waals surface area contributed by atoms with Gasteiger partial charge in [-0.1, -0.05) is 30.3 Å². The number of anilines is 1. The second-order valence-corrected chi connectivity index (χ2v) is 10.3. The predicted octanol–water partition coefficient (Wildman–Crippen LogP) is 5.22. The highest BCUT2D eigenvalue weighted by molar-refractivity contribution is 6.01. The minimum Gasteiger partial charge on any atom is -0.312 e. The van der Waals surface area contributed by atoms with Crippen LogP contribution in [0.5, 0.6) is 0 Å². The summed E-state index contributed by atoms with van der Waals surface area (Å²) in [6, 6.07) is 15.5. The van der Waals surface area contributed by atoms with Crippen LogP contribution in [-0.4, -0.2) is 42.3 Å². The van der Waals surface area contributed by atoms with E-state index >= 15 is 0 Å². The molecule has 0 spiro atoms. The molecular weight excluding hydrogens is 408 g/mol. The third-order valence-electron chi connectivity index (χ3n) is 8.02. The number of Topliss-reactive ketones (excluding diaryl/α,β-unsaturated/α-hetero) is 1. The second kappa shape index (κ2) is 9.80. The van der Waals surface area contributed by atoms with Crippen LogP contribution in [0.3, 0.4) is 0 Å². The average Bonchev–Trinajstić information content (AvgIpc) is 2.85. The van der Waals surface area contributed by atoms with Crippen LogP contribution in [0.15, 0.2) is 42.5 Å². The Labute approximate surface area is 198 Å². The number of rotatable bonds is 7. The lowest BCUT2D eigenvalue weighted by atomic mass is 9.86. The van der Waals surface area contributed by atoms with Crippen molar-refractivity contribution >= 4 is 17.4 Å². The Kier molecular flexibility index (Phi) is 6.64. The van der Waals surface area contributed by atoms with E-state index in [1.807, 2.05) is 4.90 Å². The maximum Gasteiger partial charge on any atom is 0.227 e. The van der Waals surface area contributed by atoms with Crippen molar-refractivity contribution in [1.29, 1.82) is 0 Å². The van der Waals surface area contributed by atoms with Gasteiger partial charge in [0.15, 0.2) is 5.78 Å². The summed E-state index contributed by atoms with van der Waals surface area (Å²) in [5, 5.41) is 0. The van der Waals surface area contributed by atoms with Crippen molar-refractivity contribution in [1.82, 2.24) is 4.90 Å². The van der Waals surface area contributed by atoms with Gasteiger partial charge in [0.05, 0.1) is 5.69 Å². The number of carbonyl (C=O) groups is 2. The molecule has 4 nitrogen and oxygen atoms in total. The molecule has 3 aliphatic heterocycles. The molecule has 33 heavy (non-hydrogen) atoms. The third-order valence-corrected chi connectivity index (χ3v) is 8.02. The van der Waals surface area contributed by atoms with Gasteiger partial charge < -0.3 is 9.80 Å². The van der Waals surface area contributed by atoms with Crippen molar-refractivity contribution in [3.8, 4) is 0 Å². The highest BCUT2D eigenvalue weighted by Crippen LogP contribution is 2.37. The molecule has 0 aromatic heterocycles. The third kappa shape index (κ3) is 4.91. The number of hydrogen-bond acceptors (Lipinski definition) is 3. The van der Waals surface area contributed by atoms with Crippen LogP contribution in [0, 0.1) is 5.92 Å². The highest BCUT2D eigenvalue weighted by Gasteiger charge is 2.30. The lowest BCUT2D eigenvalue weighted by molar-refractivity contribution is -0.119. The Morgan fingerprint density at radius 3 is 2.48 bits per heavy atom. The molecule has 1 saturated heterocycles. The smallest absolute Gasteiger partial charge is 0.227 e. The van der Waals surface area contributed by atoms with Crippen LogP contribution < -0.4 is 4.90 Å². The minimum atomic E-state index is 0.243. The molecule has 1 fully saturated rings. The van der Waals surface area contributed by atoms with E-state index < -0.39 is 0 Å². The van der Waals surface area contributed by atoms with Gasteiger partial charge in [0, 0.05) is 31.0 Å². The van der Waals surface area contributed by atoms with Gasteiger partial charge in [0.25, 0.3) is 0 Å². The van der Waals surface area contributed by atoms with E-state index in [4.69, 9.17) is 0 Å². The van der Waals surface area contributed by atoms with Gasteiger partial charge >= 0.3 is 0 Å². The second-order valence-electron chi connectivity index (χ2n) is 10.3. The topological polar surface area (TPSA) is 40.6 Å². The van der Waals surface area contributed by atoms with E-state index in [1.165, 1.54) is 29.5 Å². The summed E-state index contributed by atoms with van der Waals surface area (Å²) < 4.78 is 0. The van der Waals surface area contributed by atoms with Crippen molar-refractivity contribution in [3.05, 3.63) is 64.7 Å². The molecule has 1 atom stereocenters. The largest absolute Gasteiger partial charge is 0.312 e. The molecule has 0 N–H and O–H groups in total. The van der Waals surface area contributed by atoms with Crippen molar-refractivity contribution in [2.24, 2.45) is 5.92 Å². The fourth-order valence-corrected chi connectivity index (χ4v) is 6.06. The van der Waals surface area contributed by atoms with Gasteiger partial charge in [-0.05, 0) is 99.7 Å². The van der Waals surface area contributed by atoms with E-state index in [-0.39, 0.29) is 11.7 Å². The Morgan fingerprint density at radius 1 is 1.00 bits per heavy atom. The number of carbonyl (C=O) groups excluding carboxylic acids is 2. The fourth-order valence-electron chi connectivity index (χ4n) is 6.06. The fraction of sp³-hybridized carbons (Fsp3) is 0.517. The van der Waals surface area contributed by atoms with Gasteiger partial charge in [0.2, 0.25) is 5.91 Å². The molecular formula is C29H36N2O2. The van der Waals surface area contributed by atoms with Crippen LogP contribution in [0.1, 0.15) is 72.5 Å². The van der Waals surface area contributed by atoms with Gasteiger partial charge in [-0.15, -0.1) is 0 Å². The molecule has 0 radical (unpaired) electrons. The van der Waals surface area contributed by atoms with E-state index in [2.05, 4.69) is 54.3 Å². The molecule has 2 aromatic rings. The Bertz CT molecular complexity index is 991. The number of nitrogens with zero attached hydrogens (tertiary/aromatic N) is 2. The maximum absolute atomic E-state index is 13.1. The predicted molar refractivity (Wildman–Crippen MR) is 133 cm³/mol. The summed E-state index contributed by atoms with van der Waals surface area (Å²) in [7, 11) is 0. The first-order valence-corrected chi connectivity index (χ1v) is 12.9. The van der Waals surface area contributed by atoms with Gasteiger partial charge in [-0.25, -0.2) is 0 Å². The van der Waals surface area contributed by atoms with Crippen LogP contribution in [0.2, 0.25) is 0 Å². The summed E-state index contributed by atoms with van der Waals surface area (Å²) in [6.07, 6.45) is 8.46. The van der Waals surface area contributed by atoms with Crippen LogP contribution in [0.4, 0.5) is 5.69 Å². The lowest BCUT2D eigenvalue weighted by Crippen LogP contribution is -2.41. The molecule has 1 amide bonds. The van der Waals surface area contributed by atoms with Crippen LogP contribution in [-0.2, 0) is 24.1 Å². The molecule has 2 aromatic carbocycles. The van der Waals surface area contributed by atoms with Crippen molar-refractivity contribution in [2.75, 3.05) is 24.5 Å². The zero-order valence-corrected chi connectivity index (χ0v) is 19.9. The molecule has 0 bridgehead atoms. The number of amides is 1. The molecule has 1 unspecified atom stereocenters. The van der Waals surface area contributed by atoms with Gasteiger partial charge in [-0.3, -0.25) is 9.59 Å². The lowest BCUT2D eigenvalue weighted by Gasteiger charge is -2.36. The first-order chi connectivity index (χ1) is 16.1. The summed E-state index contributed by atoms with van der Waals surface area (Å²) in [5.41, 5.74) is 5.81. The quantitative estimate of drug-likeness (QED) is 0.550. The molecule has 174 valence electrons. The van der Waals surface area contributed by atoms with Crippen molar-refractivity contribution in [3.63, 3.8) is 0 Å². The van der Waals surface area contributed by atoms with Crippen LogP contribution >= 0.6 is 0 Å². The number of likely N-dealkylation sites (tertiary alicyclic amines) is 1. The summed E-state index contributed by atoms with van der Waals surface area (Å²) in [4.78, 5) is 29.9. The maximum atomic E-state index is 13.1. The minimum absolute atomic E-state index is 0.243. The van der Waals surface area contributed by atoms with E-state index in [9.17, 15) is 9.59 Å². The van der Waals surface area contributed by atoms with Crippen molar-refractivity contribution < 1.29 is 9.59 Å². The number of hydrogen-bond donors (Lipinski definition) is 0. The SMILES string of the molecule is CC(Cc1ccccc1)N1CCC(CCC(=O)c2cc3c4c(c2)CCC(=O)N4CCC3)CC1. The summed E-state index contributed by atoms with van der Waals surface area (Å²) >= 11 is 0. The number of piperidine rings is 1. The Morgan fingerprint density at radius 2 is 1.73 bits per heavy atom. The first-order valence-electron chi connectivity index (χ1n) is 12.9. The van der Waals surface area contributed by atoms with Crippen molar-refractivity contribution in [2.45, 2.75) is 70.8 Å². The Balaban J connectivity index is 1.14. The zero-order valence-electron chi connectivity index (χ0n) is 19.9. The Hall–Kier alpha value is -2.46. The van der Waals surface area contributed by atoms with Gasteiger partial charge in [-0.2, -0.15) is 0 Å². The molecule has 4 heteroatoms. The molecule has 0 saturated carbocycles. The van der Waals surface area contributed by atoms with Gasteiger partial charge in [0.1, 0.15) is 0 Å². The molecule has 0 aliphatic carbocycles. The molecule has 3 aliphatic rings. The standard InChI is InChI=1S/C29H36N2O2/c1-21(18-23-6-3-2-4-7-23)30-16-13-22(14-17-30)9-11-27(32)26-19-24-8-5-15-31-28(33)12-10-25(20-26)29(24)31/h2-4,6-7,19-22H,5,8-18H2,1H3. The van der Waals surface area contributed by atoms with Crippen LogP contribution in [0.25, 0.3) is 0 Å². The number of ketones is 1. The summed E-state index contributed by atoms with van der Waals surface area (Å²) in [6.45, 7) is 5.45.